The maximum absolute atomic E-state index is 15.9. The minimum Gasteiger partial charge on any atom is -0.377 e. The van der Waals surface area contributed by atoms with Crippen LogP contribution in [-0.4, -0.2) is 44.6 Å². The first-order valence-corrected chi connectivity index (χ1v) is 11.3. The molecule has 1 aliphatic carbocycles. The lowest BCUT2D eigenvalue weighted by molar-refractivity contribution is -0.207. The smallest absolute Gasteiger partial charge is 0.350 e. The van der Waals surface area contributed by atoms with Gasteiger partial charge in [0.2, 0.25) is 0 Å². The van der Waals surface area contributed by atoms with Gasteiger partial charge in [0.05, 0.1) is 24.5 Å². The molecule has 2 atom stereocenters. The lowest BCUT2D eigenvalue weighted by Crippen LogP contribution is -2.48. The van der Waals surface area contributed by atoms with Gasteiger partial charge < -0.3 is 5.11 Å². The van der Waals surface area contributed by atoms with Gasteiger partial charge in [-0.3, -0.25) is 4.98 Å². The van der Waals surface area contributed by atoms with Crippen molar-refractivity contribution in [1.82, 2.24) is 39.5 Å². The number of hydrogen-bond acceptors (Lipinski definition) is 7. The predicted octanol–water partition coefficient (Wildman–Crippen LogP) is 2.65. The highest BCUT2D eigenvalue weighted by Crippen LogP contribution is 2.46. The quantitative estimate of drug-likeness (QED) is 0.297. The van der Waals surface area contributed by atoms with E-state index >= 15 is 8.78 Å². The largest absolute Gasteiger partial charge is 0.377 e. The summed E-state index contributed by atoms with van der Waals surface area (Å²) in [6.07, 6.45) is 9.48. The highest BCUT2D eigenvalue weighted by Gasteiger charge is 2.58. The molecule has 2 unspecified atom stereocenters. The molecule has 14 heteroatoms. The van der Waals surface area contributed by atoms with E-state index in [2.05, 4.69) is 25.6 Å². The topological polar surface area (TPSA) is 117 Å². The van der Waals surface area contributed by atoms with E-state index in [-0.39, 0.29) is 11.7 Å². The Kier molecular flexibility index (Phi) is 6.19. The first-order valence-electron chi connectivity index (χ1n) is 11.3. The van der Waals surface area contributed by atoms with Crippen molar-refractivity contribution in [2.75, 3.05) is 0 Å². The highest BCUT2D eigenvalue weighted by atomic mass is 19.3. The number of hydrogen-bond donors (Lipinski definition) is 1. The van der Waals surface area contributed by atoms with Crippen LogP contribution in [0.4, 0.5) is 17.6 Å². The van der Waals surface area contributed by atoms with Crippen LogP contribution in [0, 0.1) is 11.6 Å². The van der Waals surface area contributed by atoms with Gasteiger partial charge in [-0.25, -0.2) is 27.5 Å². The summed E-state index contributed by atoms with van der Waals surface area (Å²) < 4.78 is 63.2. The van der Waals surface area contributed by atoms with E-state index < -0.39 is 46.6 Å². The van der Waals surface area contributed by atoms with Crippen LogP contribution in [0.25, 0.3) is 5.69 Å². The Hall–Kier alpha value is -4.20. The van der Waals surface area contributed by atoms with E-state index in [1.54, 1.807) is 0 Å². The minimum absolute atomic E-state index is 0.109. The normalized spacial score (nSPS) is 17.6. The fourth-order valence-electron chi connectivity index (χ4n) is 4.34. The number of benzene rings is 1. The molecule has 3 aromatic heterocycles. The van der Waals surface area contributed by atoms with Crippen molar-refractivity contribution >= 4 is 0 Å². The van der Waals surface area contributed by atoms with Crippen LogP contribution in [-0.2, 0) is 18.1 Å². The number of aliphatic hydroxyl groups is 1. The van der Waals surface area contributed by atoms with Gasteiger partial charge >= 0.3 is 11.6 Å². The molecule has 4 aromatic rings. The molecule has 1 aromatic carbocycles. The third-order valence-corrected chi connectivity index (χ3v) is 6.31. The third-order valence-electron chi connectivity index (χ3n) is 6.31. The zero-order chi connectivity index (χ0) is 26.2. The average molecular weight is 516 g/mol. The molecular formula is C23H20F4N8O2. The fourth-order valence-corrected chi connectivity index (χ4v) is 4.34. The lowest BCUT2D eigenvalue weighted by atomic mass is 9.84. The van der Waals surface area contributed by atoms with Gasteiger partial charge in [-0.15, -0.1) is 5.10 Å². The van der Waals surface area contributed by atoms with Crippen molar-refractivity contribution in [3.05, 3.63) is 94.7 Å². The van der Waals surface area contributed by atoms with Crippen LogP contribution < -0.4 is 5.69 Å². The Morgan fingerprint density at radius 1 is 1.11 bits per heavy atom. The summed E-state index contributed by atoms with van der Waals surface area (Å²) in [5.41, 5.74) is -5.35. The van der Waals surface area contributed by atoms with E-state index in [1.165, 1.54) is 21.6 Å². The van der Waals surface area contributed by atoms with E-state index in [0.717, 1.165) is 48.2 Å². The second kappa shape index (κ2) is 9.35. The molecule has 10 nitrogen and oxygen atoms in total. The van der Waals surface area contributed by atoms with E-state index in [9.17, 15) is 18.7 Å². The Balaban J connectivity index is 1.51. The van der Waals surface area contributed by atoms with Gasteiger partial charge in [-0.05, 0) is 54.0 Å². The summed E-state index contributed by atoms with van der Waals surface area (Å²) >= 11 is 0. The number of rotatable bonds is 7. The van der Waals surface area contributed by atoms with Crippen molar-refractivity contribution in [3.63, 3.8) is 0 Å². The number of tetrazole rings is 1. The van der Waals surface area contributed by atoms with E-state index in [1.807, 2.05) is 12.2 Å². The molecule has 0 amide bonds. The monoisotopic (exact) mass is 516 g/mol. The molecule has 0 aliphatic heterocycles. The summed E-state index contributed by atoms with van der Waals surface area (Å²) in [5.74, 6) is -6.60. The average Bonchev–Trinajstić information content (AvgIpc) is 3.54. The second-order valence-electron chi connectivity index (χ2n) is 8.63. The Morgan fingerprint density at radius 3 is 2.59 bits per heavy atom. The number of pyridine rings is 1. The molecule has 5 rings (SSSR count). The van der Waals surface area contributed by atoms with Gasteiger partial charge in [0.15, 0.2) is 5.60 Å². The Labute approximate surface area is 206 Å². The van der Waals surface area contributed by atoms with Gasteiger partial charge in [0, 0.05) is 11.6 Å². The van der Waals surface area contributed by atoms with Crippen molar-refractivity contribution in [2.45, 2.75) is 43.4 Å². The number of halogens is 4. The van der Waals surface area contributed by atoms with Gasteiger partial charge in [0.1, 0.15) is 30.0 Å². The molecule has 0 radical (unpaired) electrons. The van der Waals surface area contributed by atoms with Crippen LogP contribution in [0.5, 0.6) is 0 Å². The van der Waals surface area contributed by atoms with E-state index in [0.29, 0.717) is 12.5 Å². The zero-order valence-corrected chi connectivity index (χ0v) is 19.1. The van der Waals surface area contributed by atoms with Gasteiger partial charge in [0.25, 0.3) is 0 Å². The van der Waals surface area contributed by atoms with Gasteiger partial charge in [-0.1, -0.05) is 12.2 Å². The molecule has 0 bridgehead atoms. The maximum Gasteiger partial charge on any atom is 0.350 e. The number of allylic oxidation sites excluding steroid dienone is 2. The molecule has 192 valence electrons. The summed E-state index contributed by atoms with van der Waals surface area (Å²) in [4.78, 5) is 16.6. The third kappa shape index (κ3) is 4.33. The molecular weight excluding hydrogens is 496 g/mol. The maximum atomic E-state index is 15.9. The summed E-state index contributed by atoms with van der Waals surface area (Å²) in [5, 5.41) is 25.6. The van der Waals surface area contributed by atoms with Crippen LogP contribution in [0.2, 0.25) is 0 Å². The molecule has 1 N–H and O–H groups in total. The van der Waals surface area contributed by atoms with E-state index in [4.69, 9.17) is 0 Å². The number of aromatic nitrogens is 8. The second-order valence-corrected chi connectivity index (χ2v) is 8.63. The van der Waals surface area contributed by atoms with Crippen LogP contribution in [0.15, 0.2) is 66.1 Å². The number of alkyl halides is 2. The Bertz CT molecular complexity index is 1480. The van der Waals surface area contributed by atoms with Gasteiger partial charge in [-0.2, -0.15) is 13.9 Å². The van der Waals surface area contributed by atoms with Crippen molar-refractivity contribution in [3.8, 4) is 5.69 Å². The standard InChI is InChI=1S/C23H20F4N8O2/c24-15-6-8-18(19(25)10-15)22(37,12-33-13-29-31-32-33)23(26,27)20-9-7-17(11-28-20)34-14-30-35(21(34)36)16-4-2-1-3-5-16/h1-2,6-11,13-14,16,37H,3-5,12H2. The molecule has 0 saturated carbocycles. The first-order chi connectivity index (χ1) is 17.7. The molecule has 1 aliphatic rings. The summed E-state index contributed by atoms with van der Waals surface area (Å²) in [7, 11) is 0. The van der Waals surface area contributed by atoms with Crippen LogP contribution in [0.3, 0.4) is 0 Å². The summed E-state index contributed by atoms with van der Waals surface area (Å²) in [6.45, 7) is -0.971. The molecule has 0 fully saturated rings. The molecule has 3 heterocycles. The number of nitrogens with zero attached hydrogens (tertiary/aromatic N) is 8. The Morgan fingerprint density at radius 2 is 1.95 bits per heavy atom. The van der Waals surface area contributed by atoms with Crippen LogP contribution >= 0.6 is 0 Å². The van der Waals surface area contributed by atoms with Crippen molar-refractivity contribution in [2.24, 2.45) is 0 Å². The highest BCUT2D eigenvalue weighted by molar-refractivity contribution is 5.34. The molecule has 0 spiro atoms. The van der Waals surface area contributed by atoms with Crippen molar-refractivity contribution in [1.29, 1.82) is 0 Å². The molecule has 37 heavy (non-hydrogen) atoms. The predicted molar refractivity (Wildman–Crippen MR) is 120 cm³/mol. The van der Waals surface area contributed by atoms with Crippen LogP contribution in [0.1, 0.15) is 36.6 Å². The SMILES string of the molecule is O=c1n(-c2ccc(C(F)(F)C(O)(Cn3cnnn3)c3ccc(F)cc3F)nc2)cnn1C1CC=CCC1. The first kappa shape index (κ1) is 24.5. The lowest BCUT2D eigenvalue weighted by Gasteiger charge is -2.35. The fraction of sp³-hybridized carbons (Fsp3) is 0.304. The zero-order valence-electron chi connectivity index (χ0n) is 19.1. The molecule has 0 saturated heterocycles. The van der Waals surface area contributed by atoms with Crippen molar-refractivity contribution < 1.29 is 22.7 Å². The minimum atomic E-state index is -4.21. The summed E-state index contributed by atoms with van der Waals surface area (Å²) in [6, 6.07) is 3.88.